The van der Waals surface area contributed by atoms with E-state index in [0.29, 0.717) is 4.90 Å². The van der Waals surface area contributed by atoms with Crippen LogP contribution >= 0.6 is 0 Å². The molecule has 0 unspecified atom stereocenters. The molecular formula is C23H23FN2O2S. The molecule has 4 nitrogen and oxygen atoms in total. The maximum Gasteiger partial charge on any atom is 0.175 e. The van der Waals surface area contributed by atoms with Gasteiger partial charge in [0.2, 0.25) is 0 Å². The quantitative estimate of drug-likeness (QED) is 0.638. The van der Waals surface area contributed by atoms with E-state index in [1.165, 1.54) is 24.0 Å². The molecule has 0 saturated heterocycles. The molecule has 0 radical (unpaired) electrons. The van der Waals surface area contributed by atoms with Crippen LogP contribution in [-0.2, 0) is 16.4 Å². The van der Waals surface area contributed by atoms with Crippen LogP contribution in [0.5, 0.6) is 0 Å². The summed E-state index contributed by atoms with van der Waals surface area (Å²) in [5, 5.41) is 0. The molecule has 1 aliphatic heterocycles. The predicted octanol–water partition coefficient (Wildman–Crippen LogP) is 4.48. The van der Waals surface area contributed by atoms with Crippen molar-refractivity contribution in [1.82, 2.24) is 4.90 Å². The number of likely N-dealkylation sites (N-methyl/N-ethyl adjacent to an activating group) is 1. The Kier molecular flexibility index (Phi) is 5.15. The largest absolute Gasteiger partial charge is 0.340 e. The van der Waals surface area contributed by atoms with Gasteiger partial charge < -0.3 is 9.80 Å². The number of nitrogens with zero attached hydrogens (tertiary/aromatic N) is 2. The van der Waals surface area contributed by atoms with Gasteiger partial charge in [0.15, 0.2) is 9.84 Å². The van der Waals surface area contributed by atoms with Gasteiger partial charge in [-0.05, 0) is 72.3 Å². The lowest BCUT2D eigenvalue weighted by Crippen LogP contribution is -2.26. The summed E-state index contributed by atoms with van der Waals surface area (Å²) < 4.78 is 36.8. The second-order valence-electron chi connectivity index (χ2n) is 7.51. The highest BCUT2D eigenvalue weighted by Crippen LogP contribution is 2.34. The van der Waals surface area contributed by atoms with Gasteiger partial charge in [-0.2, -0.15) is 0 Å². The SMILES string of the molecule is CN1CCN(c2ccc(F)cc2)c2ccc(-c3ccc(S(C)(=O)=O)cc3)cc2C1. The molecule has 0 amide bonds. The Bertz CT molecular complexity index is 1130. The van der Waals surface area contributed by atoms with Crippen molar-refractivity contribution in [2.45, 2.75) is 11.4 Å². The van der Waals surface area contributed by atoms with E-state index in [0.717, 1.165) is 42.1 Å². The molecule has 3 aromatic rings. The van der Waals surface area contributed by atoms with Crippen LogP contribution in [0.15, 0.2) is 71.6 Å². The summed E-state index contributed by atoms with van der Waals surface area (Å²) in [5.74, 6) is -0.242. The van der Waals surface area contributed by atoms with Gasteiger partial charge in [-0.25, -0.2) is 12.8 Å². The Morgan fingerprint density at radius 3 is 2.17 bits per heavy atom. The highest BCUT2D eigenvalue weighted by atomic mass is 32.2. The van der Waals surface area contributed by atoms with Crippen molar-refractivity contribution in [2.75, 3.05) is 31.3 Å². The number of hydrogen-bond acceptors (Lipinski definition) is 4. The van der Waals surface area contributed by atoms with Gasteiger partial charge in [-0.3, -0.25) is 0 Å². The summed E-state index contributed by atoms with van der Waals surface area (Å²) in [6.07, 6.45) is 1.21. The smallest absolute Gasteiger partial charge is 0.175 e. The van der Waals surface area contributed by atoms with Crippen molar-refractivity contribution < 1.29 is 12.8 Å². The van der Waals surface area contributed by atoms with E-state index in [1.807, 2.05) is 24.3 Å². The summed E-state index contributed by atoms with van der Waals surface area (Å²) in [4.78, 5) is 4.80. The molecule has 0 N–H and O–H groups in total. The van der Waals surface area contributed by atoms with Crippen LogP contribution < -0.4 is 4.90 Å². The van der Waals surface area contributed by atoms with E-state index in [9.17, 15) is 12.8 Å². The molecule has 4 rings (SSSR count). The minimum absolute atomic E-state index is 0.242. The lowest BCUT2D eigenvalue weighted by Gasteiger charge is -2.25. The number of rotatable bonds is 3. The zero-order chi connectivity index (χ0) is 20.6. The average molecular weight is 411 g/mol. The molecule has 150 valence electrons. The molecule has 0 fully saturated rings. The first-order valence-corrected chi connectivity index (χ1v) is 11.4. The van der Waals surface area contributed by atoms with Crippen molar-refractivity contribution in [3.8, 4) is 11.1 Å². The minimum atomic E-state index is -3.21. The van der Waals surface area contributed by atoms with E-state index in [1.54, 1.807) is 12.1 Å². The third kappa shape index (κ3) is 4.18. The summed E-state index contributed by atoms with van der Waals surface area (Å²) in [6.45, 7) is 2.52. The first-order valence-electron chi connectivity index (χ1n) is 9.46. The second kappa shape index (κ2) is 7.61. The Morgan fingerprint density at radius 2 is 1.52 bits per heavy atom. The molecule has 29 heavy (non-hydrogen) atoms. The van der Waals surface area contributed by atoms with E-state index >= 15 is 0 Å². The zero-order valence-electron chi connectivity index (χ0n) is 16.5. The molecule has 0 aromatic heterocycles. The van der Waals surface area contributed by atoms with E-state index in [-0.39, 0.29) is 5.82 Å². The van der Waals surface area contributed by atoms with E-state index in [2.05, 4.69) is 35.0 Å². The van der Waals surface area contributed by atoms with Gasteiger partial charge in [0.25, 0.3) is 0 Å². The third-order valence-corrected chi connectivity index (χ3v) is 6.40. The summed E-state index contributed by atoms with van der Waals surface area (Å²) in [5.41, 5.74) is 5.27. The Hall–Kier alpha value is -2.70. The monoisotopic (exact) mass is 410 g/mol. The van der Waals surface area contributed by atoms with Crippen LogP contribution in [0.25, 0.3) is 11.1 Å². The summed E-state index contributed by atoms with van der Waals surface area (Å²) in [7, 11) is -1.12. The third-order valence-electron chi connectivity index (χ3n) is 5.27. The molecule has 1 aliphatic rings. The Morgan fingerprint density at radius 1 is 0.862 bits per heavy atom. The molecule has 1 heterocycles. The highest BCUT2D eigenvalue weighted by molar-refractivity contribution is 7.90. The molecule has 6 heteroatoms. The molecule has 3 aromatic carbocycles. The van der Waals surface area contributed by atoms with Crippen molar-refractivity contribution in [3.05, 3.63) is 78.1 Å². The van der Waals surface area contributed by atoms with Crippen LogP contribution in [-0.4, -0.2) is 39.7 Å². The van der Waals surface area contributed by atoms with Crippen LogP contribution in [0, 0.1) is 5.82 Å². The van der Waals surface area contributed by atoms with Crippen molar-refractivity contribution in [2.24, 2.45) is 0 Å². The number of benzene rings is 3. The van der Waals surface area contributed by atoms with Crippen LogP contribution in [0.2, 0.25) is 0 Å². The summed E-state index contributed by atoms with van der Waals surface area (Å²) in [6, 6.07) is 19.9. The average Bonchev–Trinajstić information content (AvgIpc) is 2.86. The maximum atomic E-state index is 13.4. The summed E-state index contributed by atoms with van der Waals surface area (Å²) >= 11 is 0. The van der Waals surface area contributed by atoms with Crippen molar-refractivity contribution in [1.29, 1.82) is 0 Å². The lowest BCUT2D eigenvalue weighted by molar-refractivity contribution is 0.343. The van der Waals surface area contributed by atoms with Gasteiger partial charge in [0, 0.05) is 37.3 Å². The number of anilines is 2. The van der Waals surface area contributed by atoms with E-state index in [4.69, 9.17) is 0 Å². The number of fused-ring (bicyclic) bond motifs is 1. The van der Waals surface area contributed by atoms with Gasteiger partial charge >= 0.3 is 0 Å². The van der Waals surface area contributed by atoms with Gasteiger partial charge in [0.05, 0.1) is 4.90 Å². The minimum Gasteiger partial charge on any atom is -0.340 e. The van der Waals surface area contributed by atoms with Gasteiger partial charge in [-0.1, -0.05) is 18.2 Å². The second-order valence-corrected chi connectivity index (χ2v) is 9.52. The first-order chi connectivity index (χ1) is 13.8. The topological polar surface area (TPSA) is 40.6 Å². The molecule has 0 saturated carbocycles. The fourth-order valence-corrected chi connectivity index (χ4v) is 4.33. The Balaban J connectivity index is 1.73. The molecule has 0 atom stereocenters. The number of halogens is 1. The van der Waals surface area contributed by atoms with Crippen LogP contribution in [0.1, 0.15) is 5.56 Å². The van der Waals surface area contributed by atoms with Crippen LogP contribution in [0.3, 0.4) is 0 Å². The predicted molar refractivity (Wildman–Crippen MR) is 115 cm³/mol. The fraction of sp³-hybridized carbons (Fsp3) is 0.217. The number of hydrogen-bond donors (Lipinski definition) is 0. The Labute approximate surface area is 171 Å². The first kappa shape index (κ1) is 19.6. The van der Waals surface area contributed by atoms with Crippen LogP contribution in [0.4, 0.5) is 15.8 Å². The normalized spacial score (nSPS) is 15.1. The maximum absolute atomic E-state index is 13.4. The zero-order valence-corrected chi connectivity index (χ0v) is 17.3. The van der Waals surface area contributed by atoms with Gasteiger partial charge in [-0.15, -0.1) is 0 Å². The lowest BCUT2D eigenvalue weighted by atomic mass is 10.0. The standard InChI is InChI=1S/C23H23FN2O2S/c1-25-13-14-26(21-8-6-20(24)7-9-21)23-12-5-18(15-19(23)16-25)17-3-10-22(11-4-17)29(2,27)28/h3-12,15H,13-14,16H2,1-2H3. The molecular weight excluding hydrogens is 387 g/mol. The van der Waals surface area contributed by atoms with E-state index < -0.39 is 9.84 Å². The molecule has 0 spiro atoms. The molecule has 0 bridgehead atoms. The fourth-order valence-electron chi connectivity index (χ4n) is 3.70. The molecule has 0 aliphatic carbocycles. The van der Waals surface area contributed by atoms with Gasteiger partial charge in [0.1, 0.15) is 5.82 Å². The van der Waals surface area contributed by atoms with Crippen molar-refractivity contribution in [3.63, 3.8) is 0 Å². The highest BCUT2D eigenvalue weighted by Gasteiger charge is 2.20. The number of sulfone groups is 1. The van der Waals surface area contributed by atoms with Crippen molar-refractivity contribution >= 4 is 21.2 Å².